The van der Waals surface area contributed by atoms with Crippen LogP contribution >= 0.6 is 19.9 Å². The number of hydrogen-bond donors (Lipinski definition) is 2. The number of nitro benzene ring substituents is 1. The molecule has 1 rings (SSSR count). The molecule has 0 aliphatic rings. The molecule has 0 unspecified atom stereocenters. The van der Waals surface area contributed by atoms with Crippen molar-refractivity contribution in [3.63, 3.8) is 0 Å². The minimum absolute atomic E-state index is 0.0208. The molecule has 0 amide bonds. The van der Waals surface area contributed by atoms with Crippen LogP contribution in [0.3, 0.4) is 0 Å². The molecule has 0 aromatic heterocycles. The lowest BCUT2D eigenvalue weighted by molar-refractivity contribution is -0.384. The zero-order chi connectivity index (χ0) is 11.1. The topological polar surface area (TPSA) is 101 Å². The first-order valence-corrected chi connectivity index (χ1v) is 4.93. The van der Waals surface area contributed by atoms with Gasteiger partial charge in [-0.05, 0) is 6.07 Å². The summed E-state index contributed by atoms with van der Waals surface area (Å²) in [6, 6.07) is 5.84. The molecule has 6 nitrogen and oxygen atoms in total. The normalized spacial score (nSPS) is 9.14. The van der Waals surface area contributed by atoms with Crippen LogP contribution in [0.4, 0.5) is 5.69 Å². The van der Waals surface area contributed by atoms with E-state index in [-0.39, 0.29) is 5.69 Å². The lowest BCUT2D eigenvalue weighted by atomic mass is 10.3. The van der Waals surface area contributed by atoms with Crippen molar-refractivity contribution in [2.24, 2.45) is 0 Å². The minimum Gasteiger partial charge on any atom is -0.326 e. The number of hydrogen-bond acceptors (Lipinski definition) is 3. The van der Waals surface area contributed by atoms with Crippen LogP contribution < -0.4 is 0 Å². The van der Waals surface area contributed by atoms with E-state index in [1.807, 2.05) is 0 Å². The summed E-state index contributed by atoms with van der Waals surface area (Å²) in [5.74, 6) is 0. The van der Waals surface area contributed by atoms with Crippen molar-refractivity contribution in [1.29, 1.82) is 0 Å². The predicted molar refractivity (Wildman–Crippen MR) is 51.5 cm³/mol. The van der Waals surface area contributed by atoms with Gasteiger partial charge >= 0.3 is 8.25 Å². The first-order chi connectivity index (χ1) is 6.43. The van der Waals surface area contributed by atoms with E-state index in [2.05, 4.69) is 0 Å². The Morgan fingerprint density at radius 3 is 2.21 bits per heavy atom. The first kappa shape index (κ1) is 13.1. The van der Waals surface area contributed by atoms with Crippen molar-refractivity contribution >= 4 is 25.5 Å². The Hall–Kier alpha value is -0.940. The second-order valence-corrected chi connectivity index (χ2v) is 3.02. The minimum atomic E-state index is -3.13. The van der Waals surface area contributed by atoms with Crippen molar-refractivity contribution in [2.75, 3.05) is 0 Å². The van der Waals surface area contributed by atoms with Gasteiger partial charge in [-0.3, -0.25) is 14.7 Å². The van der Waals surface area contributed by atoms with Crippen LogP contribution in [0.25, 0.3) is 0 Å². The highest BCUT2D eigenvalue weighted by Gasteiger charge is 2.02. The second-order valence-electron chi connectivity index (χ2n) is 2.02. The highest BCUT2D eigenvalue weighted by atomic mass is 35.5. The molecule has 0 radical (unpaired) electrons. The fraction of sp³-hybridized carbons (Fsp3) is 0. The molecule has 0 heterocycles. The first-order valence-electron chi connectivity index (χ1n) is 3.25. The van der Waals surface area contributed by atoms with Gasteiger partial charge in [0.05, 0.1) is 4.92 Å². The smallest absolute Gasteiger partial charge is 0.314 e. The van der Waals surface area contributed by atoms with Gasteiger partial charge in [-0.2, -0.15) is 0 Å². The molecular weight excluding hydrogens is 232 g/mol. The summed E-state index contributed by atoms with van der Waals surface area (Å²) in [5, 5.41) is 10.5. The second kappa shape index (κ2) is 6.50. The average molecular weight is 240 g/mol. The molecule has 8 heteroatoms. The van der Waals surface area contributed by atoms with Gasteiger partial charge in [0, 0.05) is 17.2 Å². The number of rotatable bonds is 1. The highest BCUT2D eigenvalue weighted by Crippen LogP contribution is 2.16. The van der Waals surface area contributed by atoms with Gasteiger partial charge in [-0.1, -0.05) is 17.7 Å². The fourth-order valence-electron chi connectivity index (χ4n) is 0.590. The van der Waals surface area contributed by atoms with Gasteiger partial charge in [0.25, 0.3) is 5.69 Å². The largest absolute Gasteiger partial charge is 0.326 e. The van der Waals surface area contributed by atoms with Crippen LogP contribution in [-0.4, -0.2) is 14.7 Å². The Bertz CT molecular complexity index is 341. The summed E-state index contributed by atoms with van der Waals surface area (Å²) in [4.78, 5) is 23.9. The van der Waals surface area contributed by atoms with Crippen LogP contribution in [0.15, 0.2) is 24.3 Å². The van der Waals surface area contributed by atoms with Gasteiger partial charge in [0.15, 0.2) is 0 Å². The van der Waals surface area contributed by atoms with Gasteiger partial charge in [-0.15, -0.1) is 0 Å². The Kier molecular flexibility index (Phi) is 6.07. The van der Waals surface area contributed by atoms with Gasteiger partial charge in [-0.25, -0.2) is 0 Å². The zero-order valence-electron chi connectivity index (χ0n) is 6.75. The van der Waals surface area contributed by atoms with Crippen LogP contribution in [0.5, 0.6) is 0 Å². The third kappa shape index (κ3) is 6.56. The molecule has 0 saturated carbocycles. The van der Waals surface area contributed by atoms with E-state index < -0.39 is 13.2 Å². The van der Waals surface area contributed by atoms with Crippen LogP contribution in [-0.2, 0) is 4.57 Å². The zero-order valence-corrected chi connectivity index (χ0v) is 8.51. The summed E-state index contributed by atoms with van der Waals surface area (Å²) < 4.78 is 8.74. The molecule has 0 atom stereocenters. The summed E-state index contributed by atoms with van der Waals surface area (Å²) in [6.07, 6.45) is 0. The summed E-state index contributed by atoms with van der Waals surface area (Å²) in [7, 11) is -3.13. The average Bonchev–Trinajstić information content (AvgIpc) is 2.03. The molecule has 78 valence electrons. The van der Waals surface area contributed by atoms with Crippen LogP contribution in [0.2, 0.25) is 5.02 Å². The van der Waals surface area contributed by atoms with Crippen molar-refractivity contribution in [2.45, 2.75) is 0 Å². The molecule has 0 aliphatic heterocycles. The third-order valence-corrected chi connectivity index (χ3v) is 1.25. The molecule has 0 fully saturated rings. The van der Waals surface area contributed by atoms with Gasteiger partial charge in [0.1, 0.15) is 0 Å². The third-order valence-electron chi connectivity index (χ3n) is 1.02. The fourth-order valence-corrected chi connectivity index (χ4v) is 0.774. The number of benzene rings is 1. The Balaban J connectivity index is 0.000000364. The molecule has 1 aromatic carbocycles. The summed E-state index contributed by atoms with van der Waals surface area (Å²) in [5.41, 5.74) is 0.0208. The Labute approximate surface area is 84.9 Å². The van der Waals surface area contributed by atoms with E-state index in [1.165, 1.54) is 12.1 Å². The SMILES string of the molecule is O=[N+]([O-])c1cccc(Cl)c1.O=[PH](O)O. The van der Waals surface area contributed by atoms with Gasteiger partial charge < -0.3 is 9.79 Å². The molecular formula is C6H7ClNO5P. The van der Waals surface area contributed by atoms with Gasteiger partial charge in [0.2, 0.25) is 0 Å². The lowest BCUT2D eigenvalue weighted by Crippen LogP contribution is -1.85. The van der Waals surface area contributed by atoms with E-state index in [9.17, 15) is 10.1 Å². The number of nitrogens with zero attached hydrogens (tertiary/aromatic N) is 1. The molecule has 14 heavy (non-hydrogen) atoms. The maximum absolute atomic E-state index is 10.1. The van der Waals surface area contributed by atoms with E-state index in [0.29, 0.717) is 5.02 Å². The van der Waals surface area contributed by atoms with Crippen molar-refractivity contribution in [1.82, 2.24) is 0 Å². The molecule has 0 saturated heterocycles. The lowest BCUT2D eigenvalue weighted by Gasteiger charge is -1.89. The highest BCUT2D eigenvalue weighted by molar-refractivity contribution is 7.30. The number of nitro groups is 1. The Morgan fingerprint density at radius 1 is 1.43 bits per heavy atom. The number of non-ortho nitro benzene ring substituents is 1. The molecule has 0 spiro atoms. The van der Waals surface area contributed by atoms with E-state index in [4.69, 9.17) is 26.0 Å². The quantitative estimate of drug-likeness (QED) is 0.440. The predicted octanol–water partition coefficient (Wildman–Crippen LogP) is 1.61. The summed E-state index contributed by atoms with van der Waals surface area (Å²) in [6.45, 7) is 0. The van der Waals surface area contributed by atoms with Crippen molar-refractivity contribution in [3.8, 4) is 0 Å². The molecule has 1 aromatic rings. The molecule has 0 aliphatic carbocycles. The molecule has 2 N–H and O–H groups in total. The van der Waals surface area contributed by atoms with Crippen molar-refractivity contribution in [3.05, 3.63) is 39.4 Å². The maximum Gasteiger partial charge on any atom is 0.314 e. The van der Waals surface area contributed by atoms with Crippen LogP contribution in [0, 0.1) is 10.1 Å². The van der Waals surface area contributed by atoms with Crippen LogP contribution in [0.1, 0.15) is 0 Å². The van der Waals surface area contributed by atoms with E-state index >= 15 is 0 Å². The number of halogens is 1. The molecule has 0 bridgehead atoms. The monoisotopic (exact) mass is 239 g/mol. The maximum atomic E-state index is 10.1. The summed E-state index contributed by atoms with van der Waals surface area (Å²) >= 11 is 5.48. The Morgan fingerprint density at radius 2 is 1.93 bits per heavy atom. The van der Waals surface area contributed by atoms with E-state index in [0.717, 1.165) is 0 Å². The van der Waals surface area contributed by atoms with E-state index in [1.54, 1.807) is 12.1 Å². The standard InChI is InChI=1S/C6H4ClNO2.H3O3P/c7-5-2-1-3-6(4-5)8(9)10;1-4(2)3/h1-4H;4H,(H2,1,2,3). The van der Waals surface area contributed by atoms with Crippen molar-refractivity contribution < 1.29 is 19.3 Å².